The summed E-state index contributed by atoms with van der Waals surface area (Å²) in [5.41, 5.74) is 5.52. The zero-order chi connectivity index (χ0) is 17.5. The highest BCUT2D eigenvalue weighted by Gasteiger charge is 2.06. The van der Waals surface area contributed by atoms with Crippen molar-refractivity contribution in [2.45, 2.75) is 13.8 Å². The van der Waals surface area contributed by atoms with Crippen molar-refractivity contribution in [3.63, 3.8) is 0 Å². The quantitative estimate of drug-likeness (QED) is 0.669. The van der Waals surface area contributed by atoms with E-state index in [1.54, 1.807) is 36.4 Å². The lowest BCUT2D eigenvalue weighted by atomic mass is 10.1. The van der Waals surface area contributed by atoms with Crippen molar-refractivity contribution < 1.29 is 9.53 Å². The normalized spacial score (nSPS) is 10.4. The highest BCUT2D eigenvalue weighted by Crippen LogP contribution is 2.25. The number of carbonyl (C=O) groups is 1. The van der Waals surface area contributed by atoms with Gasteiger partial charge in [-0.25, -0.2) is 5.43 Å². The molecule has 0 aliphatic rings. The van der Waals surface area contributed by atoms with Crippen molar-refractivity contribution >= 4 is 23.7 Å². The molecule has 2 aromatic rings. The number of amides is 1. The number of benzene rings is 2. The maximum atomic E-state index is 11.7. The molecule has 0 aliphatic carbocycles. The molecule has 0 bridgehead atoms. The highest BCUT2D eigenvalue weighted by atomic mass is 35.5. The molecule has 0 aliphatic heterocycles. The fourth-order valence-electron chi connectivity index (χ4n) is 1.99. The average Bonchev–Trinajstić information content (AvgIpc) is 2.58. The van der Waals surface area contributed by atoms with Crippen LogP contribution in [0.15, 0.2) is 41.5 Å². The minimum absolute atomic E-state index is 0.148. The van der Waals surface area contributed by atoms with Gasteiger partial charge in [-0.3, -0.25) is 4.79 Å². The van der Waals surface area contributed by atoms with Crippen LogP contribution in [-0.4, -0.2) is 18.7 Å². The van der Waals surface area contributed by atoms with Gasteiger partial charge < -0.3 is 4.74 Å². The van der Waals surface area contributed by atoms with Crippen LogP contribution in [0.3, 0.4) is 0 Å². The second-order valence-corrected chi connectivity index (χ2v) is 5.56. The van der Waals surface area contributed by atoms with E-state index in [1.165, 1.54) is 6.21 Å². The largest absolute Gasteiger partial charge is 0.484 e. The first-order valence-electron chi connectivity index (χ1n) is 7.21. The fourth-order valence-corrected chi connectivity index (χ4v) is 2.10. The summed E-state index contributed by atoms with van der Waals surface area (Å²) in [6.45, 7) is 3.61. The number of hydrazone groups is 1. The molecule has 0 saturated heterocycles. The third kappa shape index (κ3) is 4.83. The monoisotopic (exact) mass is 341 g/mol. The Balaban J connectivity index is 1.85. The third-order valence-electron chi connectivity index (χ3n) is 3.22. The Morgan fingerprint density at radius 1 is 1.29 bits per heavy atom. The lowest BCUT2D eigenvalue weighted by Crippen LogP contribution is -2.24. The number of hydrogen-bond acceptors (Lipinski definition) is 4. The Labute approximate surface area is 145 Å². The first-order chi connectivity index (χ1) is 11.5. The first-order valence-corrected chi connectivity index (χ1v) is 7.59. The number of carbonyl (C=O) groups excluding carboxylic acids is 1. The zero-order valence-electron chi connectivity index (χ0n) is 13.3. The summed E-state index contributed by atoms with van der Waals surface area (Å²) in [5.74, 6) is 0.214. The highest BCUT2D eigenvalue weighted by molar-refractivity contribution is 6.32. The number of nitrogens with zero attached hydrogens (tertiary/aromatic N) is 2. The summed E-state index contributed by atoms with van der Waals surface area (Å²) in [5, 5.41) is 13.3. The van der Waals surface area contributed by atoms with Gasteiger partial charge in [0.25, 0.3) is 5.91 Å². The van der Waals surface area contributed by atoms with Crippen LogP contribution in [-0.2, 0) is 4.79 Å². The Kier molecular flexibility index (Phi) is 5.94. The van der Waals surface area contributed by atoms with Crippen LogP contribution < -0.4 is 10.2 Å². The minimum atomic E-state index is -0.370. The molecule has 0 saturated carbocycles. The number of nitriles is 1. The van der Waals surface area contributed by atoms with Gasteiger partial charge >= 0.3 is 0 Å². The van der Waals surface area contributed by atoms with Crippen molar-refractivity contribution in [2.24, 2.45) is 5.10 Å². The van der Waals surface area contributed by atoms with E-state index < -0.39 is 0 Å². The summed E-state index contributed by atoms with van der Waals surface area (Å²) in [6.07, 6.45) is 1.50. The maximum Gasteiger partial charge on any atom is 0.277 e. The summed E-state index contributed by atoms with van der Waals surface area (Å²) < 4.78 is 5.44. The van der Waals surface area contributed by atoms with Gasteiger partial charge in [0.15, 0.2) is 6.61 Å². The molecule has 6 heteroatoms. The number of hydrogen-bond donors (Lipinski definition) is 1. The number of halogens is 1. The molecule has 5 nitrogen and oxygen atoms in total. The van der Waals surface area contributed by atoms with E-state index in [9.17, 15) is 4.79 Å². The number of ether oxygens (including phenoxy) is 1. The fraction of sp³-hybridized carbons (Fsp3) is 0.167. The number of aryl methyl sites for hydroxylation is 2. The smallest absolute Gasteiger partial charge is 0.277 e. The van der Waals surface area contributed by atoms with Crippen LogP contribution in [0.4, 0.5) is 0 Å². The SMILES string of the molecule is Cc1cc(OCC(=O)NN=Cc2ccc(C#N)cc2)cc(C)c1Cl. The number of nitrogens with one attached hydrogen (secondary N) is 1. The predicted molar refractivity (Wildman–Crippen MR) is 93.3 cm³/mol. The zero-order valence-corrected chi connectivity index (χ0v) is 14.1. The predicted octanol–water partition coefficient (Wildman–Crippen LogP) is 3.36. The Bertz CT molecular complexity index is 785. The van der Waals surface area contributed by atoms with Crippen LogP contribution in [0, 0.1) is 25.2 Å². The molecule has 2 aromatic carbocycles. The third-order valence-corrected chi connectivity index (χ3v) is 3.82. The van der Waals surface area contributed by atoms with E-state index in [0.717, 1.165) is 16.7 Å². The van der Waals surface area contributed by atoms with Crippen LogP contribution >= 0.6 is 11.6 Å². The molecule has 0 radical (unpaired) electrons. The van der Waals surface area contributed by atoms with E-state index in [2.05, 4.69) is 10.5 Å². The first kappa shape index (κ1) is 17.5. The molecular formula is C18H16ClN3O2. The van der Waals surface area contributed by atoms with E-state index in [0.29, 0.717) is 16.3 Å². The molecule has 0 aromatic heterocycles. The molecule has 24 heavy (non-hydrogen) atoms. The van der Waals surface area contributed by atoms with Crippen molar-refractivity contribution in [3.05, 3.63) is 63.7 Å². The molecule has 2 rings (SSSR count). The van der Waals surface area contributed by atoms with Crippen molar-refractivity contribution in [1.29, 1.82) is 5.26 Å². The Morgan fingerprint density at radius 2 is 1.92 bits per heavy atom. The molecule has 1 amide bonds. The van der Waals surface area contributed by atoms with Gasteiger partial charge in [-0.15, -0.1) is 0 Å². The summed E-state index contributed by atoms with van der Waals surface area (Å²) in [7, 11) is 0. The van der Waals surface area contributed by atoms with Gasteiger partial charge in [0.1, 0.15) is 5.75 Å². The average molecular weight is 342 g/mol. The van der Waals surface area contributed by atoms with Crippen molar-refractivity contribution in [2.75, 3.05) is 6.61 Å². The van der Waals surface area contributed by atoms with Gasteiger partial charge in [0.05, 0.1) is 17.8 Å². The van der Waals surface area contributed by atoms with Gasteiger partial charge in [0, 0.05) is 5.02 Å². The Hall–Kier alpha value is -2.84. The molecule has 122 valence electrons. The van der Waals surface area contributed by atoms with Gasteiger partial charge in [-0.05, 0) is 54.8 Å². The van der Waals surface area contributed by atoms with Crippen LogP contribution in [0.5, 0.6) is 5.75 Å². The van der Waals surface area contributed by atoms with Crippen molar-refractivity contribution in [1.82, 2.24) is 5.43 Å². The van der Waals surface area contributed by atoms with E-state index >= 15 is 0 Å². The maximum absolute atomic E-state index is 11.7. The van der Waals surface area contributed by atoms with Gasteiger partial charge in [0.2, 0.25) is 0 Å². The lowest BCUT2D eigenvalue weighted by Gasteiger charge is -2.09. The standard InChI is InChI=1S/C18H16ClN3O2/c1-12-7-16(8-13(2)18(12)19)24-11-17(23)22-21-10-15-5-3-14(9-20)4-6-15/h3-8,10H,11H2,1-2H3,(H,22,23). The van der Waals surface area contributed by atoms with Crippen molar-refractivity contribution in [3.8, 4) is 11.8 Å². The molecular weight excluding hydrogens is 326 g/mol. The molecule has 0 spiro atoms. The second-order valence-electron chi connectivity index (χ2n) is 5.19. The van der Waals surface area contributed by atoms with E-state index in [-0.39, 0.29) is 12.5 Å². The van der Waals surface area contributed by atoms with E-state index in [4.69, 9.17) is 21.6 Å². The summed E-state index contributed by atoms with van der Waals surface area (Å²) >= 11 is 6.09. The van der Waals surface area contributed by atoms with Gasteiger partial charge in [-0.2, -0.15) is 10.4 Å². The lowest BCUT2D eigenvalue weighted by molar-refractivity contribution is -0.123. The molecule has 0 heterocycles. The topological polar surface area (TPSA) is 74.5 Å². The van der Waals surface area contributed by atoms with Crippen LogP contribution in [0.25, 0.3) is 0 Å². The molecule has 0 fully saturated rings. The molecule has 0 unspecified atom stereocenters. The molecule has 0 atom stereocenters. The van der Waals surface area contributed by atoms with Gasteiger partial charge in [-0.1, -0.05) is 23.7 Å². The summed E-state index contributed by atoms with van der Waals surface area (Å²) in [6, 6.07) is 12.4. The molecule has 1 N–H and O–H groups in total. The van der Waals surface area contributed by atoms with E-state index in [1.807, 2.05) is 19.9 Å². The Morgan fingerprint density at radius 3 is 2.50 bits per heavy atom. The second kappa shape index (κ2) is 8.14. The van der Waals surface area contributed by atoms with Crippen LogP contribution in [0.1, 0.15) is 22.3 Å². The van der Waals surface area contributed by atoms with Crippen LogP contribution in [0.2, 0.25) is 5.02 Å². The minimum Gasteiger partial charge on any atom is -0.484 e. The summed E-state index contributed by atoms with van der Waals surface area (Å²) in [4.78, 5) is 11.7. The number of rotatable bonds is 5.